The van der Waals surface area contributed by atoms with Gasteiger partial charge in [-0.05, 0) is 34.5 Å². The van der Waals surface area contributed by atoms with Crippen LogP contribution in [0.2, 0.25) is 0 Å². The van der Waals surface area contributed by atoms with E-state index in [0.717, 1.165) is 5.56 Å². The number of hydrogen-bond acceptors (Lipinski definition) is 5. The van der Waals surface area contributed by atoms with E-state index in [1.165, 1.54) is 0 Å². The summed E-state index contributed by atoms with van der Waals surface area (Å²) in [5.41, 5.74) is 6.43. The summed E-state index contributed by atoms with van der Waals surface area (Å²) in [5, 5.41) is 22.6. The molecular weight excluding hydrogens is 296 g/mol. The predicted octanol–water partition coefficient (Wildman–Crippen LogP) is 1.25. The van der Waals surface area contributed by atoms with Gasteiger partial charge in [-0.25, -0.2) is 0 Å². The summed E-state index contributed by atoms with van der Waals surface area (Å²) >= 11 is 7.71. The lowest BCUT2D eigenvalue weighted by atomic mass is 9.84. The molecule has 0 aromatic carbocycles. The SMILES string of the molecule is NC1(Cl)C=CC(c2ccsc2)(N(CCO)CCO)C=C1. The molecule has 0 radical (unpaired) electrons. The lowest BCUT2D eigenvalue weighted by Crippen LogP contribution is -2.48. The van der Waals surface area contributed by atoms with Gasteiger partial charge in [-0.15, -0.1) is 0 Å². The summed E-state index contributed by atoms with van der Waals surface area (Å²) in [5.74, 6) is 0. The topological polar surface area (TPSA) is 69.7 Å². The molecule has 6 heteroatoms. The standard InChI is InChI=1S/C14H19ClN2O2S/c15-14(16)4-2-13(3-5-14,12-1-10-20-11-12)17(6-8-18)7-9-19/h1-5,10-11,18-19H,6-9,16H2. The average molecular weight is 315 g/mol. The molecule has 1 aromatic heterocycles. The minimum absolute atomic E-state index is 0.0161. The summed E-state index contributed by atoms with van der Waals surface area (Å²) in [4.78, 5) is 1.03. The van der Waals surface area contributed by atoms with Crippen molar-refractivity contribution in [2.45, 2.75) is 10.5 Å². The van der Waals surface area contributed by atoms with Gasteiger partial charge in [0, 0.05) is 13.1 Å². The predicted molar refractivity (Wildman–Crippen MR) is 82.8 cm³/mol. The Hall–Kier alpha value is -0.690. The average Bonchev–Trinajstić information content (AvgIpc) is 2.94. The molecule has 0 saturated carbocycles. The van der Waals surface area contributed by atoms with E-state index >= 15 is 0 Å². The molecule has 20 heavy (non-hydrogen) atoms. The highest BCUT2D eigenvalue weighted by molar-refractivity contribution is 7.08. The van der Waals surface area contributed by atoms with Gasteiger partial charge in [0.1, 0.15) is 5.00 Å². The second-order valence-corrected chi connectivity index (χ2v) is 6.20. The fourth-order valence-electron chi connectivity index (χ4n) is 2.42. The van der Waals surface area contributed by atoms with Crippen molar-refractivity contribution in [3.05, 3.63) is 46.7 Å². The van der Waals surface area contributed by atoms with Gasteiger partial charge in [-0.3, -0.25) is 4.90 Å². The molecule has 0 saturated heterocycles. The van der Waals surface area contributed by atoms with Crippen LogP contribution in [0.25, 0.3) is 0 Å². The van der Waals surface area contributed by atoms with E-state index in [4.69, 9.17) is 17.3 Å². The minimum Gasteiger partial charge on any atom is -0.395 e. The number of alkyl halides is 1. The first kappa shape index (κ1) is 15.7. The highest BCUT2D eigenvalue weighted by Gasteiger charge is 2.37. The fourth-order valence-corrected chi connectivity index (χ4v) is 3.27. The third-order valence-electron chi connectivity index (χ3n) is 3.43. The van der Waals surface area contributed by atoms with Crippen LogP contribution in [0.4, 0.5) is 0 Å². The van der Waals surface area contributed by atoms with Gasteiger partial charge in [-0.2, -0.15) is 11.3 Å². The van der Waals surface area contributed by atoms with Crippen LogP contribution in [0, 0.1) is 0 Å². The molecule has 0 spiro atoms. The van der Waals surface area contributed by atoms with Crippen LogP contribution in [0.5, 0.6) is 0 Å². The van der Waals surface area contributed by atoms with Crippen molar-refractivity contribution < 1.29 is 10.2 Å². The molecule has 0 unspecified atom stereocenters. The quantitative estimate of drug-likeness (QED) is 0.420. The Labute approximate surface area is 127 Å². The molecule has 0 amide bonds. The van der Waals surface area contributed by atoms with Gasteiger partial charge in [-0.1, -0.05) is 23.8 Å². The van der Waals surface area contributed by atoms with Gasteiger partial charge in [0.25, 0.3) is 0 Å². The lowest BCUT2D eigenvalue weighted by molar-refractivity contribution is 0.104. The van der Waals surface area contributed by atoms with E-state index < -0.39 is 10.5 Å². The smallest absolute Gasteiger partial charge is 0.128 e. The zero-order valence-electron chi connectivity index (χ0n) is 11.1. The summed E-state index contributed by atoms with van der Waals surface area (Å²) in [7, 11) is 0. The van der Waals surface area contributed by atoms with E-state index in [-0.39, 0.29) is 13.2 Å². The summed E-state index contributed by atoms with van der Waals surface area (Å²) in [6, 6.07) is 2.03. The highest BCUT2D eigenvalue weighted by atomic mass is 35.5. The van der Waals surface area contributed by atoms with E-state index in [9.17, 15) is 10.2 Å². The molecule has 4 nitrogen and oxygen atoms in total. The zero-order chi connectivity index (χ0) is 14.6. The molecule has 110 valence electrons. The molecule has 2 rings (SSSR count). The number of aliphatic hydroxyl groups is 2. The Morgan fingerprint density at radius 1 is 1.15 bits per heavy atom. The van der Waals surface area contributed by atoms with Crippen molar-refractivity contribution in [2.75, 3.05) is 26.3 Å². The van der Waals surface area contributed by atoms with Crippen LogP contribution in [-0.2, 0) is 5.54 Å². The molecule has 1 aliphatic rings. The monoisotopic (exact) mass is 314 g/mol. The Morgan fingerprint density at radius 2 is 1.75 bits per heavy atom. The summed E-state index contributed by atoms with van der Waals surface area (Å²) in [6.07, 6.45) is 7.36. The third kappa shape index (κ3) is 3.14. The van der Waals surface area contributed by atoms with E-state index in [1.807, 2.05) is 33.9 Å². The molecule has 1 aliphatic carbocycles. The van der Waals surface area contributed by atoms with Gasteiger partial charge < -0.3 is 15.9 Å². The van der Waals surface area contributed by atoms with Crippen molar-refractivity contribution in [3.63, 3.8) is 0 Å². The maximum Gasteiger partial charge on any atom is 0.128 e. The zero-order valence-corrected chi connectivity index (χ0v) is 12.6. The Bertz CT molecular complexity index is 463. The van der Waals surface area contributed by atoms with Crippen LogP contribution in [0.1, 0.15) is 5.56 Å². The highest BCUT2D eigenvalue weighted by Crippen LogP contribution is 2.37. The number of nitrogens with two attached hydrogens (primary N) is 1. The maximum absolute atomic E-state index is 9.29. The summed E-state index contributed by atoms with van der Waals surface area (Å²) in [6.45, 7) is 0.931. The number of aliphatic hydroxyl groups excluding tert-OH is 2. The van der Waals surface area contributed by atoms with Gasteiger partial charge >= 0.3 is 0 Å². The molecule has 0 bridgehead atoms. The maximum atomic E-state index is 9.29. The number of nitrogens with zero attached hydrogens (tertiary/aromatic N) is 1. The second kappa shape index (κ2) is 6.39. The normalized spacial score (nSPS) is 29.2. The minimum atomic E-state index is -0.983. The second-order valence-electron chi connectivity index (χ2n) is 4.77. The molecule has 1 heterocycles. The molecule has 0 aliphatic heterocycles. The van der Waals surface area contributed by atoms with Gasteiger partial charge in [0.05, 0.1) is 18.8 Å². The van der Waals surface area contributed by atoms with Gasteiger partial charge in [0.2, 0.25) is 0 Å². The van der Waals surface area contributed by atoms with Crippen molar-refractivity contribution in [1.29, 1.82) is 0 Å². The summed E-state index contributed by atoms with van der Waals surface area (Å²) < 4.78 is 0. The van der Waals surface area contributed by atoms with Crippen LogP contribution < -0.4 is 5.73 Å². The van der Waals surface area contributed by atoms with Crippen LogP contribution in [0.15, 0.2) is 41.1 Å². The Balaban J connectivity index is 2.43. The van der Waals surface area contributed by atoms with Crippen molar-refractivity contribution >= 4 is 22.9 Å². The number of rotatable bonds is 6. The molecule has 4 N–H and O–H groups in total. The van der Waals surface area contributed by atoms with E-state index in [1.54, 1.807) is 23.5 Å². The van der Waals surface area contributed by atoms with Crippen molar-refractivity contribution in [1.82, 2.24) is 4.90 Å². The number of halogens is 1. The van der Waals surface area contributed by atoms with Gasteiger partial charge in [0.15, 0.2) is 0 Å². The first-order valence-corrected chi connectivity index (χ1v) is 7.74. The molecule has 0 atom stereocenters. The molecular formula is C14H19ClN2O2S. The van der Waals surface area contributed by atoms with Crippen LogP contribution in [0.3, 0.4) is 0 Å². The Kier molecular flexibility index (Phi) is 5.01. The van der Waals surface area contributed by atoms with Crippen LogP contribution >= 0.6 is 22.9 Å². The third-order valence-corrected chi connectivity index (χ3v) is 4.37. The largest absolute Gasteiger partial charge is 0.395 e. The molecule has 1 aromatic rings. The van der Waals surface area contributed by atoms with Crippen LogP contribution in [-0.4, -0.2) is 46.4 Å². The first-order valence-electron chi connectivity index (χ1n) is 6.42. The lowest BCUT2D eigenvalue weighted by Gasteiger charge is -2.42. The fraction of sp³-hybridized carbons (Fsp3) is 0.429. The molecule has 0 fully saturated rings. The Morgan fingerprint density at radius 3 is 2.20 bits per heavy atom. The van der Waals surface area contributed by atoms with E-state index in [0.29, 0.717) is 13.1 Å². The van der Waals surface area contributed by atoms with Crippen molar-refractivity contribution in [3.8, 4) is 0 Å². The number of hydrogen-bond donors (Lipinski definition) is 3. The van der Waals surface area contributed by atoms with E-state index in [2.05, 4.69) is 0 Å². The number of thiophene rings is 1. The van der Waals surface area contributed by atoms with Crippen molar-refractivity contribution in [2.24, 2.45) is 5.73 Å². The first-order chi connectivity index (χ1) is 9.54.